The molecule has 2 aromatic carbocycles. The van der Waals surface area contributed by atoms with Crippen molar-refractivity contribution in [3.05, 3.63) is 65.4 Å². The van der Waals surface area contributed by atoms with Crippen molar-refractivity contribution in [3.8, 4) is 11.5 Å². The van der Waals surface area contributed by atoms with E-state index in [1.54, 1.807) is 31.5 Å². The molecule has 1 N–H and O–H groups in total. The normalized spacial score (nSPS) is 10.6. The van der Waals surface area contributed by atoms with Gasteiger partial charge in [0.2, 0.25) is 0 Å². The third-order valence-corrected chi connectivity index (χ3v) is 3.62. The molecule has 120 valence electrons. The monoisotopic (exact) mass is 311 g/mol. The highest BCUT2D eigenvalue weighted by Crippen LogP contribution is 2.25. The van der Waals surface area contributed by atoms with Gasteiger partial charge in [-0.15, -0.1) is 0 Å². The summed E-state index contributed by atoms with van der Waals surface area (Å²) in [6, 6.07) is 11.2. The van der Waals surface area contributed by atoms with Crippen LogP contribution in [0.15, 0.2) is 48.7 Å². The molecule has 0 saturated heterocycles. The number of anilines is 1. The van der Waals surface area contributed by atoms with Crippen LogP contribution in [0.25, 0.3) is 0 Å². The Hall–Kier alpha value is -2.75. The van der Waals surface area contributed by atoms with Crippen molar-refractivity contribution in [1.82, 2.24) is 0 Å². The molecule has 0 spiro atoms. The van der Waals surface area contributed by atoms with Gasteiger partial charge in [-0.2, -0.15) is 0 Å². The zero-order valence-electron chi connectivity index (χ0n) is 13.8. The molecule has 0 unspecified atom stereocenters. The maximum Gasteiger partial charge on any atom is 0.191 e. The molecule has 4 heteroatoms. The van der Waals surface area contributed by atoms with E-state index in [0.29, 0.717) is 17.1 Å². The molecule has 0 aromatic heterocycles. The minimum atomic E-state index is -0.153. The van der Waals surface area contributed by atoms with Gasteiger partial charge in [0, 0.05) is 18.0 Å². The number of allylic oxidation sites excluding steroid dienone is 1. The minimum Gasteiger partial charge on any atom is -0.497 e. The molecule has 0 atom stereocenters. The summed E-state index contributed by atoms with van der Waals surface area (Å²) in [7, 11) is 3.10. The summed E-state index contributed by atoms with van der Waals surface area (Å²) in [5.41, 5.74) is 3.72. The summed E-state index contributed by atoms with van der Waals surface area (Å²) in [4.78, 5) is 12.4. The van der Waals surface area contributed by atoms with E-state index in [2.05, 4.69) is 5.32 Å². The van der Waals surface area contributed by atoms with E-state index in [1.165, 1.54) is 13.2 Å². The van der Waals surface area contributed by atoms with Gasteiger partial charge in [0.1, 0.15) is 11.5 Å². The molecule has 0 aliphatic carbocycles. The lowest BCUT2D eigenvalue weighted by Gasteiger charge is -2.09. The molecule has 0 amide bonds. The first-order valence-corrected chi connectivity index (χ1v) is 7.32. The predicted molar refractivity (Wildman–Crippen MR) is 92.6 cm³/mol. The van der Waals surface area contributed by atoms with Gasteiger partial charge in [-0.05, 0) is 43.2 Å². The van der Waals surface area contributed by atoms with Crippen LogP contribution in [0, 0.1) is 13.8 Å². The first kappa shape index (κ1) is 16.6. The van der Waals surface area contributed by atoms with Crippen LogP contribution in [0.3, 0.4) is 0 Å². The van der Waals surface area contributed by atoms with Crippen LogP contribution >= 0.6 is 0 Å². The van der Waals surface area contributed by atoms with Crippen LogP contribution in [-0.4, -0.2) is 20.0 Å². The molecule has 0 heterocycles. The van der Waals surface area contributed by atoms with Crippen molar-refractivity contribution in [2.75, 3.05) is 19.5 Å². The second kappa shape index (κ2) is 7.49. The van der Waals surface area contributed by atoms with Gasteiger partial charge < -0.3 is 14.8 Å². The van der Waals surface area contributed by atoms with E-state index in [1.807, 2.05) is 32.0 Å². The number of aryl methyl sites for hydroxylation is 2. The summed E-state index contributed by atoms with van der Waals surface area (Å²) in [5, 5.41) is 3.17. The van der Waals surface area contributed by atoms with Gasteiger partial charge in [0.25, 0.3) is 0 Å². The predicted octanol–water partition coefficient (Wildman–Crippen LogP) is 4.13. The fraction of sp³-hybridized carbons (Fsp3) is 0.211. The van der Waals surface area contributed by atoms with E-state index in [-0.39, 0.29) is 5.78 Å². The number of carbonyl (C=O) groups is 1. The van der Waals surface area contributed by atoms with E-state index in [9.17, 15) is 4.79 Å². The summed E-state index contributed by atoms with van der Waals surface area (Å²) in [5.74, 6) is 0.984. The van der Waals surface area contributed by atoms with Crippen LogP contribution in [0.2, 0.25) is 0 Å². The van der Waals surface area contributed by atoms with Gasteiger partial charge in [0.05, 0.1) is 19.8 Å². The largest absolute Gasteiger partial charge is 0.497 e. The molecule has 23 heavy (non-hydrogen) atoms. The molecular formula is C19H21NO3. The quantitative estimate of drug-likeness (QED) is 0.643. The number of ether oxygens (including phenoxy) is 2. The second-order valence-corrected chi connectivity index (χ2v) is 5.17. The molecule has 2 rings (SSSR count). The number of hydrogen-bond donors (Lipinski definition) is 1. The van der Waals surface area contributed by atoms with Crippen LogP contribution < -0.4 is 14.8 Å². The van der Waals surface area contributed by atoms with Crippen molar-refractivity contribution >= 4 is 11.5 Å². The molecule has 2 aromatic rings. The molecule has 4 nitrogen and oxygen atoms in total. The molecular weight excluding hydrogens is 290 g/mol. The summed E-state index contributed by atoms with van der Waals surface area (Å²) >= 11 is 0. The van der Waals surface area contributed by atoms with Crippen molar-refractivity contribution < 1.29 is 14.3 Å². The Morgan fingerprint density at radius 1 is 1.04 bits per heavy atom. The topological polar surface area (TPSA) is 47.6 Å². The molecule has 0 fully saturated rings. The van der Waals surface area contributed by atoms with Gasteiger partial charge >= 0.3 is 0 Å². The summed E-state index contributed by atoms with van der Waals surface area (Å²) in [6.07, 6.45) is 3.14. The highest BCUT2D eigenvalue weighted by atomic mass is 16.5. The Morgan fingerprint density at radius 2 is 1.74 bits per heavy atom. The first-order valence-electron chi connectivity index (χ1n) is 7.32. The Kier molecular flexibility index (Phi) is 5.41. The molecule has 0 aliphatic heterocycles. The third kappa shape index (κ3) is 3.92. The number of ketones is 1. The zero-order chi connectivity index (χ0) is 16.8. The summed E-state index contributed by atoms with van der Waals surface area (Å²) in [6.45, 7) is 4.05. The molecule has 0 bridgehead atoms. The average molecular weight is 311 g/mol. The number of para-hydroxylation sites is 1. The number of rotatable bonds is 6. The van der Waals surface area contributed by atoms with Gasteiger partial charge in [-0.1, -0.05) is 18.2 Å². The Bertz CT molecular complexity index is 715. The molecule has 0 saturated carbocycles. The van der Waals surface area contributed by atoms with Crippen molar-refractivity contribution in [3.63, 3.8) is 0 Å². The lowest BCUT2D eigenvalue weighted by atomic mass is 10.1. The van der Waals surface area contributed by atoms with Crippen LogP contribution in [0.5, 0.6) is 11.5 Å². The van der Waals surface area contributed by atoms with E-state index < -0.39 is 0 Å². The Morgan fingerprint density at radius 3 is 2.35 bits per heavy atom. The highest BCUT2D eigenvalue weighted by molar-refractivity contribution is 6.07. The number of methoxy groups -OCH3 is 2. The van der Waals surface area contributed by atoms with Gasteiger partial charge in [-0.25, -0.2) is 0 Å². The number of nitrogens with one attached hydrogen (secondary N) is 1. The fourth-order valence-corrected chi connectivity index (χ4v) is 2.34. The molecule has 0 aliphatic rings. The maximum atomic E-state index is 12.4. The Labute approximate surface area is 136 Å². The van der Waals surface area contributed by atoms with Crippen LogP contribution in [0.1, 0.15) is 21.5 Å². The Balaban J connectivity index is 2.19. The second-order valence-electron chi connectivity index (χ2n) is 5.17. The van der Waals surface area contributed by atoms with E-state index >= 15 is 0 Å². The number of hydrogen-bond acceptors (Lipinski definition) is 4. The van der Waals surface area contributed by atoms with Crippen molar-refractivity contribution in [1.29, 1.82) is 0 Å². The van der Waals surface area contributed by atoms with Crippen LogP contribution in [-0.2, 0) is 0 Å². The smallest absolute Gasteiger partial charge is 0.191 e. The van der Waals surface area contributed by atoms with Crippen LogP contribution in [0.4, 0.5) is 5.69 Å². The van der Waals surface area contributed by atoms with E-state index in [4.69, 9.17) is 9.47 Å². The first-order chi connectivity index (χ1) is 11.1. The number of benzene rings is 2. The van der Waals surface area contributed by atoms with E-state index in [0.717, 1.165) is 16.8 Å². The minimum absolute atomic E-state index is 0.153. The lowest BCUT2D eigenvalue weighted by Crippen LogP contribution is -2.01. The zero-order valence-corrected chi connectivity index (χ0v) is 13.8. The van der Waals surface area contributed by atoms with Crippen molar-refractivity contribution in [2.45, 2.75) is 13.8 Å². The standard InChI is InChI=1S/C19H21NO3/c1-13-6-5-7-14(2)19(13)20-11-10-17(21)16-12-15(22-3)8-9-18(16)23-4/h5-12,20H,1-4H3/b11-10+. The third-order valence-electron chi connectivity index (χ3n) is 3.62. The lowest BCUT2D eigenvalue weighted by molar-refractivity contribution is 0.104. The number of carbonyl (C=O) groups excluding carboxylic acids is 1. The average Bonchev–Trinajstić information content (AvgIpc) is 2.56. The molecule has 0 radical (unpaired) electrons. The summed E-state index contributed by atoms with van der Waals surface area (Å²) < 4.78 is 10.4. The van der Waals surface area contributed by atoms with Gasteiger partial charge in [-0.3, -0.25) is 4.79 Å². The van der Waals surface area contributed by atoms with Crippen molar-refractivity contribution in [2.24, 2.45) is 0 Å². The maximum absolute atomic E-state index is 12.4. The fourth-order valence-electron chi connectivity index (χ4n) is 2.34. The highest BCUT2D eigenvalue weighted by Gasteiger charge is 2.11. The van der Waals surface area contributed by atoms with Gasteiger partial charge in [0.15, 0.2) is 5.78 Å². The SMILES string of the molecule is COc1ccc(OC)c(C(=O)/C=C/Nc2c(C)cccc2C)c1.